The second-order valence-corrected chi connectivity index (χ2v) is 6.51. The van der Waals surface area contributed by atoms with Crippen LogP contribution in [0.25, 0.3) is 0 Å². The van der Waals surface area contributed by atoms with Crippen molar-refractivity contribution in [2.75, 3.05) is 13.7 Å². The summed E-state index contributed by atoms with van der Waals surface area (Å²) in [6.45, 7) is -0.0445. The minimum Gasteiger partial charge on any atom is -0.497 e. The molecule has 2 rings (SSSR count). The highest BCUT2D eigenvalue weighted by Gasteiger charge is 2.13. The zero-order valence-electron chi connectivity index (χ0n) is 12.9. The Morgan fingerprint density at radius 1 is 1.21 bits per heavy atom. The van der Waals surface area contributed by atoms with Gasteiger partial charge in [-0.05, 0) is 36.4 Å². The molecule has 0 aliphatic rings. The SMILES string of the molecule is COc1cccc(S(=O)(=O)NCC#Cc2ccc(C(N)=O)cc2)c1. The van der Waals surface area contributed by atoms with E-state index >= 15 is 0 Å². The van der Waals surface area contributed by atoms with Crippen LogP contribution in [-0.2, 0) is 10.0 Å². The number of hydrogen-bond donors (Lipinski definition) is 2. The molecule has 0 atom stereocenters. The first-order valence-electron chi connectivity index (χ1n) is 6.95. The van der Waals surface area contributed by atoms with E-state index in [-0.39, 0.29) is 11.4 Å². The van der Waals surface area contributed by atoms with Gasteiger partial charge in [-0.2, -0.15) is 4.72 Å². The molecule has 0 aromatic heterocycles. The molecule has 6 nitrogen and oxygen atoms in total. The van der Waals surface area contributed by atoms with Gasteiger partial charge in [0.25, 0.3) is 0 Å². The van der Waals surface area contributed by atoms with E-state index < -0.39 is 15.9 Å². The molecule has 0 unspecified atom stereocenters. The molecule has 24 heavy (non-hydrogen) atoms. The molecule has 0 spiro atoms. The number of sulfonamides is 1. The number of nitrogens with one attached hydrogen (secondary N) is 1. The average Bonchev–Trinajstić information content (AvgIpc) is 2.59. The fraction of sp³-hybridized carbons (Fsp3) is 0.118. The van der Waals surface area contributed by atoms with Crippen LogP contribution in [-0.4, -0.2) is 28.0 Å². The lowest BCUT2D eigenvalue weighted by Crippen LogP contribution is -2.24. The van der Waals surface area contributed by atoms with Crippen LogP contribution in [0, 0.1) is 11.8 Å². The molecule has 7 heteroatoms. The second kappa shape index (κ2) is 7.64. The summed E-state index contributed by atoms with van der Waals surface area (Å²) in [7, 11) is -2.19. The predicted molar refractivity (Wildman–Crippen MR) is 90.0 cm³/mol. The van der Waals surface area contributed by atoms with Gasteiger partial charge in [-0.25, -0.2) is 8.42 Å². The number of rotatable bonds is 5. The lowest BCUT2D eigenvalue weighted by Gasteiger charge is -2.05. The monoisotopic (exact) mass is 344 g/mol. The Bertz CT molecular complexity index is 894. The van der Waals surface area contributed by atoms with Gasteiger partial charge in [0.15, 0.2) is 0 Å². The number of nitrogens with two attached hydrogens (primary N) is 1. The number of carbonyl (C=O) groups is 1. The Kier molecular flexibility index (Phi) is 5.58. The van der Waals surface area contributed by atoms with Gasteiger partial charge in [0.05, 0.1) is 18.6 Å². The Morgan fingerprint density at radius 2 is 1.92 bits per heavy atom. The normalized spacial score (nSPS) is 10.5. The van der Waals surface area contributed by atoms with Crippen LogP contribution in [0.5, 0.6) is 5.75 Å². The molecule has 0 fully saturated rings. The summed E-state index contributed by atoms with van der Waals surface area (Å²) in [5.41, 5.74) is 6.19. The van der Waals surface area contributed by atoms with Gasteiger partial charge in [0.1, 0.15) is 5.75 Å². The van der Waals surface area contributed by atoms with Crippen molar-refractivity contribution in [1.29, 1.82) is 0 Å². The molecular weight excluding hydrogens is 328 g/mol. The van der Waals surface area contributed by atoms with Crippen LogP contribution in [0.4, 0.5) is 0 Å². The first kappa shape index (κ1) is 17.5. The third-order valence-electron chi connectivity index (χ3n) is 3.10. The van der Waals surface area contributed by atoms with E-state index in [9.17, 15) is 13.2 Å². The maximum Gasteiger partial charge on any atom is 0.248 e. The van der Waals surface area contributed by atoms with Crippen molar-refractivity contribution in [3.8, 4) is 17.6 Å². The fourth-order valence-corrected chi connectivity index (χ4v) is 2.80. The Labute approximate surface area is 140 Å². The average molecular weight is 344 g/mol. The number of carbonyl (C=O) groups excluding carboxylic acids is 1. The first-order valence-corrected chi connectivity index (χ1v) is 8.43. The maximum absolute atomic E-state index is 12.1. The number of benzene rings is 2. The molecule has 0 bridgehead atoms. The van der Waals surface area contributed by atoms with E-state index in [1.54, 1.807) is 36.4 Å². The summed E-state index contributed by atoms with van der Waals surface area (Å²) in [6.07, 6.45) is 0. The minimum atomic E-state index is -3.66. The molecule has 124 valence electrons. The summed E-state index contributed by atoms with van der Waals surface area (Å²) in [5, 5.41) is 0. The van der Waals surface area contributed by atoms with E-state index in [4.69, 9.17) is 10.5 Å². The fourth-order valence-electron chi connectivity index (χ4n) is 1.85. The Morgan fingerprint density at radius 3 is 2.54 bits per heavy atom. The van der Waals surface area contributed by atoms with Gasteiger partial charge in [-0.15, -0.1) is 0 Å². The molecule has 2 aromatic rings. The van der Waals surface area contributed by atoms with Crippen molar-refractivity contribution in [1.82, 2.24) is 4.72 Å². The van der Waals surface area contributed by atoms with E-state index in [0.29, 0.717) is 16.9 Å². The molecule has 3 N–H and O–H groups in total. The van der Waals surface area contributed by atoms with E-state index in [1.807, 2.05) is 0 Å². The largest absolute Gasteiger partial charge is 0.497 e. The minimum absolute atomic E-state index is 0.0445. The zero-order chi connectivity index (χ0) is 17.6. The molecule has 0 saturated carbocycles. The topological polar surface area (TPSA) is 98.5 Å². The van der Waals surface area contributed by atoms with Crippen molar-refractivity contribution in [3.63, 3.8) is 0 Å². The van der Waals surface area contributed by atoms with E-state index in [1.165, 1.54) is 19.2 Å². The van der Waals surface area contributed by atoms with Crippen molar-refractivity contribution < 1.29 is 17.9 Å². The van der Waals surface area contributed by atoms with Crippen molar-refractivity contribution in [3.05, 3.63) is 59.7 Å². The van der Waals surface area contributed by atoms with E-state index in [0.717, 1.165) is 0 Å². The van der Waals surface area contributed by atoms with Gasteiger partial charge in [-0.3, -0.25) is 4.79 Å². The van der Waals surface area contributed by atoms with Gasteiger partial charge in [-0.1, -0.05) is 17.9 Å². The summed E-state index contributed by atoms with van der Waals surface area (Å²) >= 11 is 0. The molecule has 0 aliphatic carbocycles. The smallest absolute Gasteiger partial charge is 0.248 e. The zero-order valence-corrected chi connectivity index (χ0v) is 13.8. The third kappa shape index (κ3) is 4.59. The van der Waals surface area contributed by atoms with Gasteiger partial charge >= 0.3 is 0 Å². The molecule has 2 aromatic carbocycles. The molecule has 0 radical (unpaired) electrons. The lowest BCUT2D eigenvalue weighted by molar-refractivity contribution is 0.100. The van der Waals surface area contributed by atoms with Gasteiger partial charge in [0.2, 0.25) is 15.9 Å². The number of hydrogen-bond acceptors (Lipinski definition) is 4. The highest BCUT2D eigenvalue weighted by atomic mass is 32.2. The Hall–Kier alpha value is -2.82. The van der Waals surface area contributed by atoms with Gasteiger partial charge < -0.3 is 10.5 Å². The van der Waals surface area contributed by atoms with Crippen LogP contribution >= 0.6 is 0 Å². The van der Waals surface area contributed by atoms with Crippen LogP contribution in [0.3, 0.4) is 0 Å². The number of ether oxygens (including phenoxy) is 1. The molecular formula is C17H16N2O4S. The Balaban J connectivity index is 2.01. The summed E-state index contributed by atoms with van der Waals surface area (Å²) in [6, 6.07) is 12.6. The van der Waals surface area contributed by atoms with E-state index in [2.05, 4.69) is 16.6 Å². The number of amides is 1. The van der Waals surface area contributed by atoms with Crippen LogP contribution < -0.4 is 15.2 Å². The third-order valence-corrected chi connectivity index (χ3v) is 4.50. The highest BCUT2D eigenvalue weighted by Crippen LogP contribution is 2.16. The second-order valence-electron chi connectivity index (χ2n) is 4.75. The van der Waals surface area contributed by atoms with Crippen LogP contribution in [0.15, 0.2) is 53.4 Å². The van der Waals surface area contributed by atoms with Crippen molar-refractivity contribution in [2.45, 2.75) is 4.90 Å². The molecule has 0 heterocycles. The first-order chi connectivity index (χ1) is 11.4. The van der Waals surface area contributed by atoms with Crippen LogP contribution in [0.2, 0.25) is 0 Å². The summed E-state index contributed by atoms with van der Waals surface area (Å²) in [5.74, 6) is 5.46. The lowest BCUT2D eigenvalue weighted by atomic mass is 10.1. The molecule has 1 amide bonds. The van der Waals surface area contributed by atoms with Crippen molar-refractivity contribution in [2.24, 2.45) is 5.73 Å². The predicted octanol–water partition coefficient (Wildman–Crippen LogP) is 1.12. The molecule has 0 aliphatic heterocycles. The van der Waals surface area contributed by atoms with Gasteiger partial charge in [0, 0.05) is 17.2 Å². The summed E-state index contributed by atoms with van der Waals surface area (Å²) < 4.78 is 31.7. The summed E-state index contributed by atoms with van der Waals surface area (Å²) in [4.78, 5) is 11.1. The maximum atomic E-state index is 12.1. The standard InChI is InChI=1S/C17H16N2O4S/c1-23-15-5-2-6-16(12-15)24(21,22)19-11-3-4-13-7-9-14(10-8-13)17(18)20/h2,5-10,12,19H,11H2,1H3,(H2,18,20). The number of primary amides is 1. The number of methoxy groups -OCH3 is 1. The van der Waals surface area contributed by atoms with Crippen LogP contribution in [0.1, 0.15) is 15.9 Å². The van der Waals surface area contributed by atoms with Crippen molar-refractivity contribution >= 4 is 15.9 Å². The highest BCUT2D eigenvalue weighted by molar-refractivity contribution is 7.89. The quantitative estimate of drug-likeness (QED) is 0.794. The molecule has 0 saturated heterocycles.